The number of aromatic nitrogens is 4. The van der Waals surface area contributed by atoms with Gasteiger partial charge in [-0.05, 0) is 30.7 Å². The third-order valence-electron chi connectivity index (χ3n) is 3.61. The van der Waals surface area contributed by atoms with Gasteiger partial charge in [0.15, 0.2) is 23.2 Å². The van der Waals surface area contributed by atoms with Crippen molar-refractivity contribution < 1.29 is 9.13 Å². The van der Waals surface area contributed by atoms with Gasteiger partial charge in [-0.3, -0.25) is 0 Å². The summed E-state index contributed by atoms with van der Waals surface area (Å²) in [5.74, 6) is 0.717. The molecule has 0 spiro atoms. The molecule has 8 heteroatoms. The van der Waals surface area contributed by atoms with Crippen molar-refractivity contribution in [3.63, 3.8) is 0 Å². The molecule has 24 heavy (non-hydrogen) atoms. The van der Waals surface area contributed by atoms with Crippen LogP contribution in [0.15, 0.2) is 43.0 Å². The van der Waals surface area contributed by atoms with E-state index in [1.807, 2.05) is 6.92 Å². The number of anilines is 2. The molecule has 3 aromatic rings. The lowest BCUT2D eigenvalue weighted by Gasteiger charge is -2.17. The molecule has 124 valence electrons. The number of nitrogens with two attached hydrogens (primary N) is 1. The Bertz CT molecular complexity index is 837. The van der Waals surface area contributed by atoms with Crippen LogP contribution in [0.4, 0.5) is 15.9 Å². The van der Waals surface area contributed by atoms with E-state index in [-0.39, 0.29) is 11.8 Å². The van der Waals surface area contributed by atoms with E-state index in [4.69, 9.17) is 10.5 Å². The molecule has 1 aromatic carbocycles. The Morgan fingerprint density at radius 2 is 2.17 bits per heavy atom. The number of nitrogens with zero attached hydrogens (tertiary/aromatic N) is 4. The predicted molar refractivity (Wildman–Crippen MR) is 88.6 cm³/mol. The predicted octanol–water partition coefficient (Wildman–Crippen LogP) is 2.57. The fraction of sp³-hybridized carbons (Fsp3) is 0.188. The summed E-state index contributed by atoms with van der Waals surface area (Å²) < 4.78 is 20.3. The molecule has 2 aromatic heterocycles. The molecule has 0 bridgehead atoms. The Kier molecular flexibility index (Phi) is 4.28. The van der Waals surface area contributed by atoms with Crippen LogP contribution < -0.4 is 15.8 Å². The fourth-order valence-corrected chi connectivity index (χ4v) is 2.32. The second kappa shape index (κ2) is 6.53. The van der Waals surface area contributed by atoms with Crippen LogP contribution >= 0.6 is 0 Å². The van der Waals surface area contributed by atoms with Gasteiger partial charge in [-0.2, -0.15) is 5.10 Å². The summed E-state index contributed by atoms with van der Waals surface area (Å²) in [5, 5.41) is 7.28. The molecule has 3 N–H and O–H groups in total. The van der Waals surface area contributed by atoms with Crippen molar-refractivity contribution in [3.8, 4) is 11.6 Å². The summed E-state index contributed by atoms with van der Waals surface area (Å²) in [6.45, 7) is 1.89. The van der Waals surface area contributed by atoms with Crippen molar-refractivity contribution in [2.45, 2.75) is 13.0 Å². The van der Waals surface area contributed by atoms with Gasteiger partial charge < -0.3 is 15.8 Å². The zero-order valence-corrected chi connectivity index (χ0v) is 13.3. The molecule has 0 amide bonds. The molecule has 7 nitrogen and oxygen atoms in total. The van der Waals surface area contributed by atoms with Crippen LogP contribution in [0.25, 0.3) is 5.82 Å². The average Bonchev–Trinajstić information content (AvgIpc) is 3.11. The molecule has 2 heterocycles. The van der Waals surface area contributed by atoms with Gasteiger partial charge >= 0.3 is 0 Å². The Labute approximate surface area is 138 Å². The third kappa shape index (κ3) is 2.98. The summed E-state index contributed by atoms with van der Waals surface area (Å²) >= 11 is 0. The molecule has 0 radical (unpaired) electrons. The largest absolute Gasteiger partial charge is 0.494 e. The first-order valence-electron chi connectivity index (χ1n) is 7.30. The highest BCUT2D eigenvalue weighted by molar-refractivity contribution is 5.69. The summed E-state index contributed by atoms with van der Waals surface area (Å²) in [5.41, 5.74) is 7.24. The van der Waals surface area contributed by atoms with Crippen molar-refractivity contribution in [3.05, 3.63) is 54.4 Å². The number of halogens is 1. The minimum atomic E-state index is -0.420. The summed E-state index contributed by atoms with van der Waals surface area (Å²) in [6.07, 6.45) is 4.78. The summed E-state index contributed by atoms with van der Waals surface area (Å²) in [7, 11) is 1.43. The van der Waals surface area contributed by atoms with Crippen molar-refractivity contribution in [1.82, 2.24) is 19.7 Å². The molecule has 0 aliphatic heterocycles. The van der Waals surface area contributed by atoms with E-state index in [1.54, 1.807) is 35.3 Å². The molecule has 1 atom stereocenters. The zero-order chi connectivity index (χ0) is 17.1. The molecular weight excluding hydrogens is 311 g/mol. The maximum atomic E-state index is 13.9. The van der Waals surface area contributed by atoms with E-state index >= 15 is 0 Å². The number of benzene rings is 1. The molecule has 3 rings (SSSR count). The van der Waals surface area contributed by atoms with Crippen LogP contribution in [0.1, 0.15) is 18.5 Å². The van der Waals surface area contributed by atoms with Gasteiger partial charge in [0.25, 0.3) is 0 Å². The van der Waals surface area contributed by atoms with Crippen molar-refractivity contribution in [2.75, 3.05) is 18.2 Å². The standard InChI is InChI=1S/C16H17FN6O/c1-10(11-4-5-13(24-2)12(17)8-11)22-15-14(18)16(20-9-19-15)23-7-3-6-21-23/h3-10H,18H2,1-2H3,(H,19,20,22)/t10-/m1/s1. The number of hydrogen-bond acceptors (Lipinski definition) is 6. The quantitative estimate of drug-likeness (QED) is 0.748. The highest BCUT2D eigenvalue weighted by atomic mass is 19.1. The zero-order valence-electron chi connectivity index (χ0n) is 13.3. The van der Waals surface area contributed by atoms with Crippen molar-refractivity contribution in [1.29, 1.82) is 0 Å². The van der Waals surface area contributed by atoms with E-state index in [1.165, 1.54) is 19.5 Å². The minimum Gasteiger partial charge on any atom is -0.494 e. The second-order valence-corrected chi connectivity index (χ2v) is 5.17. The van der Waals surface area contributed by atoms with Gasteiger partial charge in [0.2, 0.25) is 0 Å². The highest BCUT2D eigenvalue weighted by Gasteiger charge is 2.14. The fourth-order valence-electron chi connectivity index (χ4n) is 2.32. The number of nitrogen functional groups attached to an aromatic ring is 1. The van der Waals surface area contributed by atoms with Crippen LogP contribution in [0.2, 0.25) is 0 Å². The second-order valence-electron chi connectivity index (χ2n) is 5.17. The summed E-state index contributed by atoms with van der Waals surface area (Å²) in [6, 6.07) is 6.35. The molecular formula is C16H17FN6O. The van der Waals surface area contributed by atoms with Gasteiger partial charge in [-0.25, -0.2) is 19.0 Å². The first kappa shape index (κ1) is 15.7. The Morgan fingerprint density at radius 1 is 1.33 bits per heavy atom. The number of methoxy groups -OCH3 is 1. The lowest BCUT2D eigenvalue weighted by Crippen LogP contribution is -2.13. The normalized spacial score (nSPS) is 12.0. The number of ether oxygens (including phenoxy) is 1. The van der Waals surface area contributed by atoms with Crippen LogP contribution in [0.3, 0.4) is 0 Å². The van der Waals surface area contributed by atoms with E-state index in [0.29, 0.717) is 17.3 Å². The Hall–Kier alpha value is -3.16. The van der Waals surface area contributed by atoms with E-state index < -0.39 is 5.82 Å². The molecule has 0 aliphatic rings. The van der Waals surface area contributed by atoms with E-state index in [2.05, 4.69) is 20.4 Å². The molecule has 0 fully saturated rings. The van der Waals surface area contributed by atoms with E-state index in [9.17, 15) is 4.39 Å². The van der Waals surface area contributed by atoms with Crippen LogP contribution in [-0.4, -0.2) is 26.9 Å². The smallest absolute Gasteiger partial charge is 0.181 e. The Morgan fingerprint density at radius 3 is 2.83 bits per heavy atom. The number of hydrogen-bond donors (Lipinski definition) is 2. The topological polar surface area (TPSA) is 90.9 Å². The summed E-state index contributed by atoms with van der Waals surface area (Å²) in [4.78, 5) is 8.31. The maximum Gasteiger partial charge on any atom is 0.181 e. The average molecular weight is 328 g/mol. The van der Waals surface area contributed by atoms with Crippen molar-refractivity contribution >= 4 is 11.5 Å². The minimum absolute atomic E-state index is 0.202. The first-order valence-corrected chi connectivity index (χ1v) is 7.30. The maximum absolute atomic E-state index is 13.9. The van der Waals surface area contributed by atoms with Gasteiger partial charge in [0.1, 0.15) is 12.0 Å². The van der Waals surface area contributed by atoms with Crippen LogP contribution in [-0.2, 0) is 0 Å². The molecule has 0 unspecified atom stereocenters. The Balaban J connectivity index is 1.86. The van der Waals surface area contributed by atoms with Gasteiger partial charge in [0, 0.05) is 12.4 Å². The van der Waals surface area contributed by atoms with Gasteiger partial charge in [0.05, 0.1) is 13.2 Å². The third-order valence-corrected chi connectivity index (χ3v) is 3.61. The van der Waals surface area contributed by atoms with Gasteiger partial charge in [-0.15, -0.1) is 0 Å². The SMILES string of the molecule is COc1ccc([C@@H](C)Nc2ncnc(-n3cccn3)c2N)cc1F. The lowest BCUT2D eigenvalue weighted by molar-refractivity contribution is 0.386. The van der Waals surface area contributed by atoms with E-state index in [0.717, 1.165) is 5.56 Å². The van der Waals surface area contributed by atoms with Crippen molar-refractivity contribution in [2.24, 2.45) is 0 Å². The van der Waals surface area contributed by atoms with Gasteiger partial charge in [-0.1, -0.05) is 6.07 Å². The molecule has 0 saturated carbocycles. The number of rotatable bonds is 5. The first-order chi connectivity index (χ1) is 11.6. The molecule has 0 saturated heterocycles. The van der Waals surface area contributed by atoms with Crippen LogP contribution in [0.5, 0.6) is 5.75 Å². The highest BCUT2D eigenvalue weighted by Crippen LogP contribution is 2.27. The molecule has 0 aliphatic carbocycles. The lowest BCUT2D eigenvalue weighted by atomic mass is 10.1. The monoisotopic (exact) mass is 328 g/mol. The number of nitrogens with one attached hydrogen (secondary N) is 1. The van der Waals surface area contributed by atoms with Crippen LogP contribution in [0, 0.1) is 5.82 Å².